The second-order valence-electron chi connectivity index (χ2n) is 21.3. The van der Waals surface area contributed by atoms with Crippen LogP contribution in [0, 0.1) is 5.92 Å². The molecule has 1 aromatic rings. The van der Waals surface area contributed by atoms with Gasteiger partial charge >= 0.3 is 5.97 Å². The van der Waals surface area contributed by atoms with Crippen molar-refractivity contribution >= 4 is 87.9 Å². The second kappa shape index (κ2) is 71.7. The summed E-state index contributed by atoms with van der Waals surface area (Å²) in [7, 11) is 0. The van der Waals surface area contributed by atoms with Gasteiger partial charge in [0.15, 0.2) is 5.78 Å². The maximum atomic E-state index is 12.0. The third-order valence-electron chi connectivity index (χ3n) is 12.5. The van der Waals surface area contributed by atoms with E-state index in [2.05, 4.69) is 32.9 Å². The van der Waals surface area contributed by atoms with Crippen molar-refractivity contribution in [2.75, 3.05) is 45.9 Å². The summed E-state index contributed by atoms with van der Waals surface area (Å²) >= 11 is 0. The summed E-state index contributed by atoms with van der Waals surface area (Å²) in [6.07, 6.45) is 17.4. The molecule has 22 heteroatoms. The minimum atomic E-state index is -0.329. The van der Waals surface area contributed by atoms with Crippen molar-refractivity contribution < 1.29 is 76.7 Å². The summed E-state index contributed by atoms with van der Waals surface area (Å²) in [5.41, 5.74) is 0.993. The van der Waals surface area contributed by atoms with Gasteiger partial charge in [-0.2, -0.15) is 0 Å². The number of nitrogens with one attached hydrogen (secondary N) is 4. The molecule has 1 fully saturated rings. The van der Waals surface area contributed by atoms with Crippen LogP contribution in [0.2, 0.25) is 0 Å². The number of fused-ring (bicyclic) bond motifs is 1. The zero-order valence-electron chi connectivity index (χ0n) is 55.7. The van der Waals surface area contributed by atoms with E-state index in [4.69, 9.17) is 0 Å². The average Bonchev–Trinajstić information content (AvgIpc) is 1.65. The third-order valence-corrected chi connectivity index (χ3v) is 12.5. The molecule has 22 nitrogen and oxygen atoms in total. The number of benzene rings is 1. The molecule has 8 amide bonds. The van der Waals surface area contributed by atoms with Gasteiger partial charge < -0.3 is 50.0 Å². The number of hydrogen-bond donors (Lipinski definition) is 4. The summed E-state index contributed by atoms with van der Waals surface area (Å²) in [5.74, 6) is 0.101. The Labute approximate surface area is 569 Å². The summed E-state index contributed by atoms with van der Waals surface area (Å²) < 4.78 is 4.46. The lowest BCUT2D eigenvalue weighted by Gasteiger charge is -2.13. The van der Waals surface area contributed by atoms with E-state index in [0.717, 1.165) is 70.8 Å². The molecule has 1 unspecified atom stereocenters. The van der Waals surface area contributed by atoms with E-state index in [1.807, 2.05) is 34.6 Å². The smallest absolute Gasteiger partial charge is 0.305 e. The lowest BCUT2D eigenvalue weighted by atomic mass is 10.1. The normalized spacial score (nSPS) is 11.5. The van der Waals surface area contributed by atoms with Crippen LogP contribution in [0.5, 0.6) is 0 Å². The van der Waals surface area contributed by atoms with Crippen molar-refractivity contribution in [3.8, 4) is 0 Å². The van der Waals surface area contributed by atoms with Crippen molar-refractivity contribution in [2.24, 2.45) is 5.92 Å². The van der Waals surface area contributed by atoms with Gasteiger partial charge in [0.25, 0.3) is 11.8 Å². The average molecular weight is 1340 g/mol. The highest BCUT2D eigenvalue weighted by atomic mass is 16.5. The van der Waals surface area contributed by atoms with Crippen LogP contribution in [0.15, 0.2) is 24.3 Å². The number of unbranched alkanes of at least 4 members (excludes halogenated alkanes) is 8. The van der Waals surface area contributed by atoms with E-state index in [9.17, 15) is 71.9 Å². The summed E-state index contributed by atoms with van der Waals surface area (Å²) in [6.45, 7) is 26.0. The van der Waals surface area contributed by atoms with Crippen molar-refractivity contribution in [2.45, 2.75) is 289 Å². The van der Waals surface area contributed by atoms with Gasteiger partial charge in [-0.25, -0.2) is 0 Å². The van der Waals surface area contributed by atoms with Crippen LogP contribution in [0.4, 0.5) is 0 Å². The Balaban J connectivity index is -0.000000110. The SMILES string of the molecule is C.C.C.C.C.C.CC(=O)CCCCCN1C(=O)c2ccccc2C1=O.CCC(=O)NCCCCCC(C)=O.CCC(=O)OCC(C)=O.CCCCCCN1C(=O)CC(C)C1=O.CCNC(=O)CCC(C)=O.CCNC(=O)CCCC(C)=O.CCNC(=O)CCCCC(C)=O. The number of Topliss-reactive ketones (excluding diaryl/α,β-unsaturated/α-hetero) is 6. The Morgan fingerprint density at radius 3 is 1.16 bits per heavy atom. The summed E-state index contributed by atoms with van der Waals surface area (Å²) in [5, 5.41) is 10.8. The quantitative estimate of drug-likeness (QED) is 0.0276. The first kappa shape index (κ1) is 108. The molecule has 2 aliphatic heterocycles. The lowest BCUT2D eigenvalue weighted by Crippen LogP contribution is -2.31. The number of ketones is 6. The second-order valence-corrected chi connectivity index (χ2v) is 21.3. The van der Waals surface area contributed by atoms with E-state index in [-0.39, 0.29) is 145 Å². The van der Waals surface area contributed by atoms with Crippen LogP contribution in [0.25, 0.3) is 0 Å². The Bertz CT molecular complexity index is 2270. The van der Waals surface area contributed by atoms with Crippen LogP contribution >= 0.6 is 0 Å². The molecular formula is C72H134N6O16. The number of imide groups is 2. The standard InChI is InChI=1S/C15H17NO3.C11H19NO2.C10H19NO2.C9H17NO2.C8H15NO2.C7H13NO2.C6H10O3.6CH4/c1-11(17)7-3-2-6-10-16-14(18)12-8-4-5-9-13(12)15(16)19;1-3-4-5-6-7-12-10(13)8-9(2)11(12)14;1-3-10(13)11-8-6-4-5-7-9(2)12;1-3-10-9(12)7-5-4-6-8(2)11;1-3-9-8(11)6-4-5-7(2)10;1-3-8-7(10)5-4-6(2)9;1-3-6(8)9-4-5(2)7;;;;;;/h4-5,8-9H,2-3,6-7,10H2,1H3;9H,3-8H2,1-2H3;3-8H2,1-2H3,(H,11,13);3-7H2,1-2H3,(H,10,12);3-6H2,1-2H3,(H,9,11);3-5H2,1-2H3,(H,8,10);3-4H2,1-2H3;6*1H4. The minimum Gasteiger partial charge on any atom is -0.458 e. The van der Waals surface area contributed by atoms with E-state index < -0.39 is 0 Å². The highest BCUT2D eigenvalue weighted by Crippen LogP contribution is 2.23. The zero-order chi connectivity index (χ0) is 67.8. The molecule has 1 saturated heterocycles. The van der Waals surface area contributed by atoms with Crippen molar-refractivity contribution in [3.05, 3.63) is 35.4 Å². The fourth-order valence-electron chi connectivity index (χ4n) is 7.66. The number of carbonyl (C=O) groups is 15. The molecular weight excluding hydrogens is 1200 g/mol. The number of carbonyl (C=O) groups excluding carboxylic acids is 15. The molecule has 0 bridgehead atoms. The maximum Gasteiger partial charge on any atom is 0.305 e. The largest absolute Gasteiger partial charge is 0.458 e. The Kier molecular flexibility index (Phi) is 82.7. The maximum absolute atomic E-state index is 12.0. The molecule has 548 valence electrons. The van der Waals surface area contributed by atoms with Gasteiger partial charge in [-0.05, 0) is 126 Å². The van der Waals surface area contributed by atoms with Crippen LogP contribution in [-0.4, -0.2) is 144 Å². The minimum absolute atomic E-state index is 0. The number of nitrogens with zero attached hydrogens (tertiary/aromatic N) is 2. The van der Waals surface area contributed by atoms with Crippen molar-refractivity contribution in [1.29, 1.82) is 0 Å². The summed E-state index contributed by atoms with van der Waals surface area (Å²) in [4.78, 5) is 166. The predicted octanol–water partition coefficient (Wildman–Crippen LogP) is 13.0. The number of amides is 8. The fraction of sp³-hybridized carbons (Fsp3) is 0.708. The number of likely N-dealkylation sites (tertiary alicyclic amines) is 1. The number of ether oxygens (including phenoxy) is 1. The Morgan fingerprint density at radius 2 is 0.787 bits per heavy atom. The molecule has 0 spiro atoms. The first-order valence-electron chi connectivity index (χ1n) is 31.6. The van der Waals surface area contributed by atoms with E-state index in [0.29, 0.717) is 121 Å². The molecule has 3 rings (SSSR count). The van der Waals surface area contributed by atoms with E-state index >= 15 is 0 Å². The Hall–Kier alpha value is -7.13. The molecule has 0 saturated carbocycles. The lowest BCUT2D eigenvalue weighted by molar-refractivity contribution is -0.147. The monoisotopic (exact) mass is 1340 g/mol. The highest BCUT2D eigenvalue weighted by Gasteiger charge is 2.35. The van der Waals surface area contributed by atoms with Crippen LogP contribution < -0.4 is 21.3 Å². The van der Waals surface area contributed by atoms with Gasteiger partial charge in [-0.1, -0.05) is 116 Å². The molecule has 1 aromatic carbocycles. The number of rotatable bonds is 36. The van der Waals surface area contributed by atoms with Crippen molar-refractivity contribution in [1.82, 2.24) is 31.1 Å². The van der Waals surface area contributed by atoms with Gasteiger partial charge in [-0.3, -0.25) is 57.7 Å². The molecule has 0 aromatic heterocycles. The highest BCUT2D eigenvalue weighted by molar-refractivity contribution is 6.21. The van der Waals surface area contributed by atoms with Gasteiger partial charge in [0, 0.05) is 116 Å². The van der Waals surface area contributed by atoms with Crippen LogP contribution in [0.3, 0.4) is 0 Å². The van der Waals surface area contributed by atoms with E-state index in [1.165, 1.54) is 43.4 Å². The van der Waals surface area contributed by atoms with Gasteiger partial charge in [0.05, 0.1) is 11.1 Å². The van der Waals surface area contributed by atoms with Gasteiger partial charge in [-0.15, -0.1) is 0 Å². The molecule has 0 aliphatic carbocycles. The molecule has 1 atom stereocenters. The van der Waals surface area contributed by atoms with Crippen molar-refractivity contribution in [3.63, 3.8) is 0 Å². The Morgan fingerprint density at radius 1 is 0.415 bits per heavy atom. The summed E-state index contributed by atoms with van der Waals surface area (Å²) in [6, 6.07) is 6.90. The fourth-order valence-corrected chi connectivity index (χ4v) is 7.66. The number of esters is 1. The van der Waals surface area contributed by atoms with E-state index in [1.54, 1.807) is 52.0 Å². The molecule has 2 heterocycles. The molecule has 4 N–H and O–H groups in total. The van der Waals surface area contributed by atoms with Gasteiger partial charge in [0.2, 0.25) is 35.4 Å². The molecule has 0 radical (unpaired) electrons. The topological polar surface area (TPSA) is 320 Å². The number of hydrogen-bond acceptors (Lipinski definition) is 16. The predicted molar refractivity (Wildman–Crippen MR) is 380 cm³/mol. The molecule has 2 aliphatic rings. The van der Waals surface area contributed by atoms with Crippen LogP contribution in [0.1, 0.15) is 309 Å². The third kappa shape index (κ3) is 66.3. The van der Waals surface area contributed by atoms with Gasteiger partial charge in [0.1, 0.15) is 35.5 Å². The zero-order valence-corrected chi connectivity index (χ0v) is 55.7. The first-order chi connectivity index (χ1) is 41.6. The first-order valence-corrected chi connectivity index (χ1v) is 31.6. The molecule has 94 heavy (non-hydrogen) atoms. The van der Waals surface area contributed by atoms with Crippen LogP contribution in [-0.2, 0) is 67.1 Å².